The number of aliphatic hydroxyl groups is 1. The lowest BCUT2D eigenvalue weighted by Gasteiger charge is -2.36. The molecular formula is C35H42F4O4. The number of aliphatic hydroxyl groups excluding tert-OH is 1. The maximum atomic E-state index is 14.7. The number of allylic oxidation sites excluding steroid dienone is 2. The molecule has 2 atom stereocenters. The lowest BCUT2D eigenvalue weighted by Crippen LogP contribution is -2.31. The topological polar surface area (TPSA) is 55.8 Å². The maximum Gasteiger partial charge on any atom is 0.309 e. The zero-order valence-electron chi connectivity index (χ0n) is 25.0. The predicted molar refractivity (Wildman–Crippen MR) is 156 cm³/mol. The zero-order chi connectivity index (χ0) is 30.7. The highest BCUT2D eigenvalue weighted by Gasteiger charge is 2.35. The van der Waals surface area contributed by atoms with Crippen LogP contribution in [-0.2, 0) is 9.53 Å². The Morgan fingerprint density at radius 1 is 0.860 bits per heavy atom. The molecule has 0 heterocycles. The molecule has 2 unspecified atom stereocenters. The van der Waals surface area contributed by atoms with Gasteiger partial charge in [0.1, 0.15) is 6.10 Å². The number of ether oxygens (including phenoxy) is 2. The van der Waals surface area contributed by atoms with E-state index in [4.69, 9.17) is 9.47 Å². The number of esters is 1. The van der Waals surface area contributed by atoms with Crippen LogP contribution in [0.1, 0.15) is 113 Å². The molecule has 3 aliphatic carbocycles. The monoisotopic (exact) mass is 602 g/mol. The molecule has 2 fully saturated rings. The second-order valence-corrected chi connectivity index (χ2v) is 12.5. The standard InChI is InChI=1S/C35H42F4O4/c1-3-42-30-19-18-29(33(38)34(30)39)23-8-4-21(5-9-23)22-6-10-25(11-7-22)35(41)43-26-14-12-24(13-15-26)28-17-16-27(20(2)40)31(36)32(28)37/h8,16-22,24-26,40H,3-7,9-15H2,1-2H3. The fraction of sp³-hybridized carbons (Fsp3) is 0.571. The zero-order valence-corrected chi connectivity index (χ0v) is 25.0. The Bertz CT molecular complexity index is 1320. The number of halogens is 4. The molecule has 0 aromatic heterocycles. The molecule has 2 aromatic carbocycles. The molecule has 5 rings (SSSR count). The van der Waals surface area contributed by atoms with Crippen molar-refractivity contribution in [2.75, 3.05) is 6.61 Å². The first-order chi connectivity index (χ1) is 20.7. The molecule has 0 saturated heterocycles. The summed E-state index contributed by atoms with van der Waals surface area (Å²) in [7, 11) is 0. The molecule has 0 aliphatic heterocycles. The summed E-state index contributed by atoms with van der Waals surface area (Å²) in [6.07, 6.45) is 9.09. The van der Waals surface area contributed by atoms with Crippen molar-refractivity contribution in [3.63, 3.8) is 0 Å². The van der Waals surface area contributed by atoms with E-state index in [0.29, 0.717) is 55.1 Å². The van der Waals surface area contributed by atoms with Gasteiger partial charge in [-0.3, -0.25) is 4.79 Å². The highest BCUT2D eigenvalue weighted by atomic mass is 19.2. The highest BCUT2D eigenvalue weighted by Crippen LogP contribution is 2.43. The number of carbonyl (C=O) groups excluding carboxylic acids is 1. The Balaban J connectivity index is 1.07. The first kappa shape index (κ1) is 31.6. The van der Waals surface area contributed by atoms with Gasteiger partial charge in [-0.1, -0.05) is 18.2 Å². The molecule has 3 aliphatic rings. The van der Waals surface area contributed by atoms with Crippen LogP contribution in [-0.4, -0.2) is 23.8 Å². The molecule has 4 nitrogen and oxygen atoms in total. The SMILES string of the molecule is CCOc1ccc(C2=CCC(C3CCC(C(=O)OC4CCC(c5ccc(C(C)O)c(F)c5F)CC4)CC3)CC2)c(F)c1F. The van der Waals surface area contributed by atoms with Crippen molar-refractivity contribution < 1.29 is 36.9 Å². The van der Waals surface area contributed by atoms with Gasteiger partial charge in [0.25, 0.3) is 0 Å². The van der Waals surface area contributed by atoms with Crippen molar-refractivity contribution in [2.24, 2.45) is 17.8 Å². The molecule has 234 valence electrons. The fourth-order valence-electron chi connectivity index (χ4n) is 7.37. The minimum absolute atomic E-state index is 0.0423. The first-order valence-corrected chi connectivity index (χ1v) is 15.8. The molecule has 1 N–H and O–H groups in total. The van der Waals surface area contributed by atoms with Gasteiger partial charge in [-0.25, -0.2) is 13.2 Å². The van der Waals surface area contributed by atoms with Crippen LogP contribution >= 0.6 is 0 Å². The largest absolute Gasteiger partial charge is 0.491 e. The summed E-state index contributed by atoms with van der Waals surface area (Å²) in [6, 6.07) is 6.12. The predicted octanol–water partition coefficient (Wildman–Crippen LogP) is 8.95. The molecule has 8 heteroatoms. The van der Waals surface area contributed by atoms with Crippen LogP contribution < -0.4 is 4.74 Å². The third-order valence-corrected chi connectivity index (χ3v) is 9.90. The van der Waals surface area contributed by atoms with Gasteiger partial charge in [0, 0.05) is 11.1 Å². The molecular weight excluding hydrogens is 560 g/mol. The van der Waals surface area contributed by atoms with Crippen LogP contribution in [0, 0.1) is 41.0 Å². The average Bonchev–Trinajstić information content (AvgIpc) is 3.01. The van der Waals surface area contributed by atoms with E-state index in [1.54, 1.807) is 19.1 Å². The third-order valence-electron chi connectivity index (χ3n) is 9.90. The Morgan fingerprint density at radius 3 is 2.21 bits per heavy atom. The maximum absolute atomic E-state index is 14.7. The Hall–Kier alpha value is -2.87. The van der Waals surface area contributed by atoms with Crippen molar-refractivity contribution in [1.29, 1.82) is 0 Å². The minimum Gasteiger partial charge on any atom is -0.491 e. The quantitative estimate of drug-likeness (QED) is 0.242. The Labute approximate surface area is 251 Å². The van der Waals surface area contributed by atoms with Gasteiger partial charge in [-0.2, -0.15) is 4.39 Å². The number of benzene rings is 2. The van der Waals surface area contributed by atoms with E-state index in [0.717, 1.165) is 44.1 Å². The number of rotatable bonds is 8. The van der Waals surface area contributed by atoms with Gasteiger partial charge < -0.3 is 14.6 Å². The van der Waals surface area contributed by atoms with E-state index in [-0.39, 0.29) is 41.8 Å². The fourth-order valence-corrected chi connectivity index (χ4v) is 7.37. The van der Waals surface area contributed by atoms with Gasteiger partial charge in [0.05, 0.1) is 18.6 Å². The molecule has 0 amide bonds. The van der Waals surface area contributed by atoms with Crippen molar-refractivity contribution in [3.05, 3.63) is 70.3 Å². The van der Waals surface area contributed by atoms with Crippen molar-refractivity contribution in [2.45, 2.75) is 103 Å². The Morgan fingerprint density at radius 2 is 1.58 bits per heavy atom. The number of hydrogen-bond acceptors (Lipinski definition) is 4. The lowest BCUT2D eigenvalue weighted by atomic mass is 9.71. The van der Waals surface area contributed by atoms with Crippen LogP contribution in [0.15, 0.2) is 30.3 Å². The molecule has 0 radical (unpaired) electrons. The van der Waals surface area contributed by atoms with Crippen molar-refractivity contribution in [3.8, 4) is 5.75 Å². The first-order valence-electron chi connectivity index (χ1n) is 15.8. The number of hydrogen-bond donors (Lipinski definition) is 1. The second-order valence-electron chi connectivity index (χ2n) is 12.5. The smallest absolute Gasteiger partial charge is 0.309 e. The van der Waals surface area contributed by atoms with Gasteiger partial charge in [0.2, 0.25) is 5.82 Å². The molecule has 43 heavy (non-hydrogen) atoms. The third kappa shape index (κ3) is 6.95. The van der Waals surface area contributed by atoms with E-state index < -0.39 is 29.4 Å². The van der Waals surface area contributed by atoms with Crippen LogP contribution in [0.5, 0.6) is 5.75 Å². The summed E-state index contributed by atoms with van der Waals surface area (Å²) in [5.74, 6) is -3.19. The summed E-state index contributed by atoms with van der Waals surface area (Å²) in [5.41, 5.74) is 1.43. The minimum atomic E-state index is -1.07. The van der Waals surface area contributed by atoms with Gasteiger partial charge in [-0.05, 0) is 125 Å². The van der Waals surface area contributed by atoms with E-state index in [1.807, 2.05) is 6.08 Å². The Kier molecular flexibility index (Phi) is 10.2. The van der Waals surface area contributed by atoms with Crippen molar-refractivity contribution in [1.82, 2.24) is 0 Å². The van der Waals surface area contributed by atoms with E-state index in [2.05, 4.69) is 0 Å². The number of carbonyl (C=O) groups is 1. The van der Waals surface area contributed by atoms with Gasteiger partial charge >= 0.3 is 5.97 Å². The summed E-state index contributed by atoms with van der Waals surface area (Å²) >= 11 is 0. The van der Waals surface area contributed by atoms with Crippen LogP contribution in [0.2, 0.25) is 0 Å². The van der Waals surface area contributed by atoms with E-state index >= 15 is 0 Å². The van der Waals surface area contributed by atoms with Gasteiger partial charge in [0.15, 0.2) is 23.2 Å². The summed E-state index contributed by atoms with van der Waals surface area (Å²) in [5, 5.41) is 9.64. The van der Waals surface area contributed by atoms with E-state index in [1.165, 1.54) is 19.1 Å². The summed E-state index contributed by atoms with van der Waals surface area (Å²) in [4.78, 5) is 13.0. The average molecular weight is 603 g/mol. The van der Waals surface area contributed by atoms with E-state index in [9.17, 15) is 27.5 Å². The molecule has 2 aromatic rings. The van der Waals surface area contributed by atoms with Crippen LogP contribution in [0.4, 0.5) is 17.6 Å². The molecule has 0 spiro atoms. The van der Waals surface area contributed by atoms with Crippen LogP contribution in [0.3, 0.4) is 0 Å². The molecule has 0 bridgehead atoms. The molecule has 2 saturated carbocycles. The van der Waals surface area contributed by atoms with Crippen LogP contribution in [0.25, 0.3) is 5.57 Å². The summed E-state index contributed by atoms with van der Waals surface area (Å²) in [6.45, 7) is 3.41. The van der Waals surface area contributed by atoms with Crippen molar-refractivity contribution >= 4 is 11.5 Å². The lowest BCUT2D eigenvalue weighted by molar-refractivity contribution is -0.157. The normalized spacial score (nSPS) is 26.9. The summed E-state index contributed by atoms with van der Waals surface area (Å²) < 4.78 is 69.2. The highest BCUT2D eigenvalue weighted by molar-refractivity contribution is 5.72. The van der Waals surface area contributed by atoms with Gasteiger partial charge in [-0.15, -0.1) is 0 Å². The second kappa shape index (κ2) is 13.8.